The molecule has 0 aliphatic rings. The van der Waals surface area contributed by atoms with Crippen LogP contribution >= 0.6 is 0 Å². The number of hydrogen-bond donors (Lipinski definition) is 0. The van der Waals surface area contributed by atoms with Crippen molar-refractivity contribution < 1.29 is 9.47 Å². The van der Waals surface area contributed by atoms with Gasteiger partial charge in [0.25, 0.3) is 0 Å². The lowest BCUT2D eigenvalue weighted by Gasteiger charge is -2.30. The molecule has 0 fully saturated rings. The smallest absolute Gasteiger partial charge is 0.0724 e. The zero-order valence-electron chi connectivity index (χ0n) is 16.4. The van der Waals surface area contributed by atoms with Crippen LogP contribution in [0.15, 0.2) is 30.8 Å². The monoisotopic (exact) mass is 333 g/mol. The minimum Gasteiger partial charge on any atom is -0.375 e. The van der Waals surface area contributed by atoms with Crippen molar-refractivity contribution in [1.29, 1.82) is 0 Å². The van der Waals surface area contributed by atoms with Crippen LogP contribution in [0.5, 0.6) is 0 Å². The summed E-state index contributed by atoms with van der Waals surface area (Å²) in [4.78, 5) is 2.19. The average Bonchev–Trinajstić information content (AvgIpc) is 2.51. The number of hydrogen-bond acceptors (Lipinski definition) is 3. The van der Waals surface area contributed by atoms with Gasteiger partial charge in [-0.05, 0) is 65.8 Å². The van der Waals surface area contributed by atoms with E-state index >= 15 is 0 Å². The molecule has 0 saturated carbocycles. The van der Waals surface area contributed by atoms with Crippen LogP contribution in [-0.2, 0) is 16.1 Å². The number of nitrogens with zero attached hydrogens (tertiary/aromatic N) is 1. The first-order chi connectivity index (χ1) is 11.1. The normalized spacial score (nSPS) is 12.6. The molecule has 0 radical (unpaired) electrons. The van der Waals surface area contributed by atoms with Crippen molar-refractivity contribution in [2.75, 3.05) is 27.2 Å². The van der Waals surface area contributed by atoms with Crippen molar-refractivity contribution >= 4 is 6.08 Å². The summed E-state index contributed by atoms with van der Waals surface area (Å²) in [6.45, 7) is 14.7. The van der Waals surface area contributed by atoms with E-state index in [0.717, 1.165) is 24.9 Å². The van der Waals surface area contributed by atoms with Gasteiger partial charge in [0.05, 0.1) is 24.4 Å². The maximum atomic E-state index is 6.09. The van der Waals surface area contributed by atoms with Gasteiger partial charge in [-0.3, -0.25) is 0 Å². The zero-order chi connectivity index (χ0) is 18.2. The third-order valence-corrected chi connectivity index (χ3v) is 4.20. The fourth-order valence-electron chi connectivity index (χ4n) is 2.24. The summed E-state index contributed by atoms with van der Waals surface area (Å²) >= 11 is 0. The Labute approximate surface area is 148 Å². The highest BCUT2D eigenvalue weighted by atomic mass is 16.5. The highest BCUT2D eigenvalue weighted by Gasteiger charge is 2.22. The molecule has 1 aromatic rings. The summed E-state index contributed by atoms with van der Waals surface area (Å²) in [5.74, 6) is 0. The van der Waals surface area contributed by atoms with Crippen LogP contribution in [-0.4, -0.2) is 43.3 Å². The molecule has 1 aromatic carbocycles. The Morgan fingerprint density at radius 1 is 0.958 bits per heavy atom. The van der Waals surface area contributed by atoms with Gasteiger partial charge in [0.2, 0.25) is 0 Å². The molecule has 0 atom stereocenters. The molecule has 1 rings (SSSR count). The van der Waals surface area contributed by atoms with E-state index < -0.39 is 0 Å². The molecule has 0 aromatic heterocycles. The average molecular weight is 334 g/mol. The first-order valence-electron chi connectivity index (χ1n) is 8.78. The van der Waals surface area contributed by atoms with Gasteiger partial charge in [0, 0.05) is 6.54 Å². The van der Waals surface area contributed by atoms with E-state index in [1.54, 1.807) is 0 Å². The lowest BCUT2D eigenvalue weighted by atomic mass is 10.0. The van der Waals surface area contributed by atoms with Crippen LogP contribution in [0.2, 0.25) is 0 Å². The lowest BCUT2D eigenvalue weighted by Crippen LogP contribution is -2.33. The Morgan fingerprint density at radius 2 is 1.54 bits per heavy atom. The fraction of sp³-hybridized carbons (Fsp3) is 0.619. The van der Waals surface area contributed by atoms with E-state index in [2.05, 4.69) is 77.5 Å². The standard InChI is InChI=1S/C21H35NO2/c1-8-18-9-11-19(12-10-18)17-24-21(4,5)14-16-23-20(2,3)13-15-22(6)7/h8-12H,1,13-17H2,2-7H3. The molecule has 136 valence electrons. The van der Waals surface area contributed by atoms with E-state index in [-0.39, 0.29) is 11.2 Å². The summed E-state index contributed by atoms with van der Waals surface area (Å²) in [6.07, 6.45) is 3.75. The lowest BCUT2D eigenvalue weighted by molar-refractivity contribution is -0.0809. The van der Waals surface area contributed by atoms with Crippen molar-refractivity contribution in [3.05, 3.63) is 42.0 Å². The molecule has 0 N–H and O–H groups in total. The highest BCUT2D eigenvalue weighted by Crippen LogP contribution is 2.21. The second-order valence-corrected chi connectivity index (χ2v) is 7.91. The molecule has 0 spiro atoms. The second-order valence-electron chi connectivity index (χ2n) is 7.91. The molecule has 0 unspecified atom stereocenters. The summed E-state index contributed by atoms with van der Waals surface area (Å²) < 4.78 is 12.2. The van der Waals surface area contributed by atoms with E-state index in [1.807, 2.05) is 6.08 Å². The van der Waals surface area contributed by atoms with Gasteiger partial charge in [-0.1, -0.05) is 36.9 Å². The van der Waals surface area contributed by atoms with E-state index in [1.165, 1.54) is 5.56 Å². The maximum absolute atomic E-state index is 6.09. The van der Waals surface area contributed by atoms with Crippen molar-refractivity contribution in [2.24, 2.45) is 0 Å². The Morgan fingerprint density at radius 3 is 2.08 bits per heavy atom. The highest BCUT2D eigenvalue weighted by molar-refractivity contribution is 5.47. The molecule has 3 nitrogen and oxygen atoms in total. The molecule has 3 heteroatoms. The van der Waals surface area contributed by atoms with Crippen LogP contribution in [0, 0.1) is 0 Å². The quantitative estimate of drug-likeness (QED) is 0.583. The fourth-order valence-corrected chi connectivity index (χ4v) is 2.24. The molecular formula is C21H35NO2. The van der Waals surface area contributed by atoms with Gasteiger partial charge >= 0.3 is 0 Å². The van der Waals surface area contributed by atoms with Crippen LogP contribution in [0.25, 0.3) is 6.08 Å². The predicted molar refractivity (Wildman–Crippen MR) is 103 cm³/mol. The Bertz CT molecular complexity index is 489. The number of rotatable bonds is 11. The van der Waals surface area contributed by atoms with E-state index in [4.69, 9.17) is 9.47 Å². The number of benzene rings is 1. The second kappa shape index (κ2) is 9.36. The zero-order valence-corrected chi connectivity index (χ0v) is 16.4. The van der Waals surface area contributed by atoms with Gasteiger partial charge in [0.1, 0.15) is 0 Å². The van der Waals surface area contributed by atoms with Crippen LogP contribution < -0.4 is 0 Å². The minimum absolute atomic E-state index is 0.0964. The summed E-state index contributed by atoms with van der Waals surface area (Å²) in [7, 11) is 4.18. The van der Waals surface area contributed by atoms with Crippen LogP contribution in [0.1, 0.15) is 51.7 Å². The molecule has 0 heterocycles. The Balaban J connectivity index is 2.35. The van der Waals surface area contributed by atoms with Crippen LogP contribution in [0.4, 0.5) is 0 Å². The van der Waals surface area contributed by atoms with Gasteiger partial charge < -0.3 is 14.4 Å². The predicted octanol–water partition coefficient (Wildman–Crippen LogP) is 4.76. The SMILES string of the molecule is C=Cc1ccc(COC(C)(C)CCOC(C)(C)CCN(C)C)cc1. The third-order valence-electron chi connectivity index (χ3n) is 4.20. The van der Waals surface area contributed by atoms with Gasteiger partial charge in [0.15, 0.2) is 0 Å². The molecule has 0 bridgehead atoms. The van der Waals surface area contributed by atoms with Crippen LogP contribution in [0.3, 0.4) is 0 Å². The van der Waals surface area contributed by atoms with Gasteiger partial charge in [-0.15, -0.1) is 0 Å². The summed E-state index contributed by atoms with van der Waals surface area (Å²) in [5, 5.41) is 0. The Kier molecular flexibility index (Phi) is 8.14. The van der Waals surface area contributed by atoms with Crippen molar-refractivity contribution in [3.8, 4) is 0 Å². The minimum atomic E-state index is -0.200. The molecule has 0 aliphatic heterocycles. The largest absolute Gasteiger partial charge is 0.375 e. The molecular weight excluding hydrogens is 298 g/mol. The maximum Gasteiger partial charge on any atom is 0.0724 e. The van der Waals surface area contributed by atoms with Crippen molar-refractivity contribution in [2.45, 2.75) is 58.3 Å². The molecule has 0 amide bonds. The van der Waals surface area contributed by atoms with Gasteiger partial charge in [-0.2, -0.15) is 0 Å². The molecule has 0 saturated heterocycles. The van der Waals surface area contributed by atoms with Crippen molar-refractivity contribution in [3.63, 3.8) is 0 Å². The van der Waals surface area contributed by atoms with Gasteiger partial charge in [-0.25, -0.2) is 0 Å². The summed E-state index contributed by atoms with van der Waals surface area (Å²) in [6, 6.07) is 8.31. The first kappa shape index (κ1) is 20.9. The van der Waals surface area contributed by atoms with Crippen molar-refractivity contribution in [1.82, 2.24) is 4.90 Å². The Hall–Kier alpha value is -1.16. The molecule has 24 heavy (non-hydrogen) atoms. The van der Waals surface area contributed by atoms with E-state index in [9.17, 15) is 0 Å². The summed E-state index contributed by atoms with van der Waals surface area (Å²) in [5.41, 5.74) is 2.02. The molecule has 0 aliphatic carbocycles. The van der Waals surface area contributed by atoms with E-state index in [0.29, 0.717) is 13.2 Å². The number of ether oxygens (including phenoxy) is 2. The topological polar surface area (TPSA) is 21.7 Å². The third kappa shape index (κ3) is 8.62. The first-order valence-corrected chi connectivity index (χ1v) is 8.78.